The zero-order valence-corrected chi connectivity index (χ0v) is 13.3. The molecule has 1 fully saturated rings. The highest BCUT2D eigenvalue weighted by atomic mass is 16.5. The zero-order valence-electron chi connectivity index (χ0n) is 13.3. The van der Waals surface area contributed by atoms with Crippen LogP contribution in [0, 0.1) is 0 Å². The summed E-state index contributed by atoms with van der Waals surface area (Å²) >= 11 is 0. The van der Waals surface area contributed by atoms with Crippen LogP contribution in [0.3, 0.4) is 0 Å². The minimum atomic E-state index is -1.16. The number of hydrogen-bond acceptors (Lipinski definition) is 5. The molecule has 1 atom stereocenters. The van der Waals surface area contributed by atoms with Gasteiger partial charge in [0.25, 0.3) is 5.91 Å². The molecule has 0 spiro atoms. The van der Waals surface area contributed by atoms with E-state index in [0.717, 1.165) is 12.0 Å². The summed E-state index contributed by atoms with van der Waals surface area (Å²) in [5.41, 5.74) is 1.04. The number of rotatable bonds is 5. The van der Waals surface area contributed by atoms with Crippen LogP contribution in [0.2, 0.25) is 0 Å². The summed E-state index contributed by atoms with van der Waals surface area (Å²) in [5.74, 6) is -1.49. The fourth-order valence-electron chi connectivity index (χ4n) is 2.74. The average molecular weight is 330 g/mol. The molecular weight excluding hydrogens is 312 g/mol. The van der Waals surface area contributed by atoms with Gasteiger partial charge in [-0.1, -0.05) is 0 Å². The quantitative estimate of drug-likeness (QED) is 0.876. The lowest BCUT2D eigenvalue weighted by atomic mass is 10.2. The summed E-state index contributed by atoms with van der Waals surface area (Å²) < 4.78 is 7.14. The molecule has 1 aliphatic heterocycles. The molecule has 1 aliphatic rings. The molecule has 1 unspecified atom stereocenters. The fourth-order valence-corrected chi connectivity index (χ4v) is 2.74. The van der Waals surface area contributed by atoms with Gasteiger partial charge in [0.15, 0.2) is 0 Å². The third kappa shape index (κ3) is 3.28. The van der Waals surface area contributed by atoms with Crippen molar-refractivity contribution in [2.24, 2.45) is 7.05 Å². The number of carboxylic acids is 1. The van der Waals surface area contributed by atoms with Crippen molar-refractivity contribution in [1.29, 1.82) is 0 Å². The second kappa shape index (κ2) is 6.79. The topological polar surface area (TPSA) is 97.5 Å². The maximum absolute atomic E-state index is 12.6. The summed E-state index contributed by atoms with van der Waals surface area (Å²) in [6, 6.07) is 3.76. The Kier molecular flexibility index (Phi) is 4.57. The molecule has 126 valence electrons. The molecule has 0 bridgehead atoms. The van der Waals surface area contributed by atoms with Crippen molar-refractivity contribution in [1.82, 2.24) is 19.7 Å². The number of pyridine rings is 1. The summed E-state index contributed by atoms with van der Waals surface area (Å²) in [6.07, 6.45) is 5.27. The third-order valence-corrected chi connectivity index (χ3v) is 4.04. The standard InChI is InChI=1S/C16H18N4O4/c1-19-14(13(8-18-19)16(22)23)15(21)20-7-4-12(9-20)24-10-11-2-5-17-6-3-11/h2-3,5-6,8,12H,4,7,9-10H2,1H3,(H,22,23). The Balaban J connectivity index is 1.62. The molecular formula is C16H18N4O4. The van der Waals surface area contributed by atoms with Gasteiger partial charge < -0.3 is 14.7 Å². The molecule has 0 saturated carbocycles. The first-order valence-corrected chi connectivity index (χ1v) is 7.61. The smallest absolute Gasteiger partial charge is 0.339 e. The van der Waals surface area contributed by atoms with Gasteiger partial charge in [0.05, 0.1) is 18.9 Å². The number of likely N-dealkylation sites (tertiary alicyclic amines) is 1. The van der Waals surface area contributed by atoms with Gasteiger partial charge in [-0.25, -0.2) is 4.79 Å². The molecule has 8 heteroatoms. The first kappa shape index (κ1) is 16.1. The predicted molar refractivity (Wildman–Crippen MR) is 83.5 cm³/mol. The van der Waals surface area contributed by atoms with Crippen LogP contribution in [0.1, 0.15) is 32.8 Å². The summed E-state index contributed by atoms with van der Waals surface area (Å²) in [4.78, 5) is 29.4. The number of amides is 1. The van der Waals surface area contributed by atoms with E-state index >= 15 is 0 Å². The molecule has 8 nitrogen and oxygen atoms in total. The number of carbonyl (C=O) groups excluding carboxylic acids is 1. The van der Waals surface area contributed by atoms with E-state index in [-0.39, 0.29) is 23.3 Å². The molecule has 1 saturated heterocycles. The number of carboxylic acid groups (broad SMARTS) is 1. The summed E-state index contributed by atoms with van der Waals surface area (Å²) in [6.45, 7) is 1.43. The van der Waals surface area contributed by atoms with Gasteiger partial charge in [-0.3, -0.25) is 14.5 Å². The highest BCUT2D eigenvalue weighted by Crippen LogP contribution is 2.19. The monoisotopic (exact) mass is 330 g/mol. The lowest BCUT2D eigenvalue weighted by Gasteiger charge is -2.17. The van der Waals surface area contributed by atoms with Gasteiger partial charge in [0.1, 0.15) is 11.3 Å². The maximum Gasteiger partial charge on any atom is 0.339 e. The van der Waals surface area contributed by atoms with Gasteiger partial charge in [0, 0.05) is 32.5 Å². The Morgan fingerprint density at radius 1 is 1.38 bits per heavy atom. The highest BCUT2D eigenvalue weighted by Gasteiger charge is 2.31. The molecule has 1 amide bonds. The minimum Gasteiger partial charge on any atom is -0.478 e. The van der Waals surface area contributed by atoms with Crippen molar-refractivity contribution in [3.05, 3.63) is 47.5 Å². The van der Waals surface area contributed by atoms with E-state index in [1.54, 1.807) is 24.3 Å². The Labute approximate surface area is 138 Å². The van der Waals surface area contributed by atoms with Gasteiger partial charge in [-0.2, -0.15) is 5.10 Å². The number of hydrogen-bond donors (Lipinski definition) is 1. The number of carbonyl (C=O) groups is 2. The zero-order chi connectivity index (χ0) is 17.1. The third-order valence-electron chi connectivity index (χ3n) is 4.04. The Hall–Kier alpha value is -2.74. The maximum atomic E-state index is 12.6. The van der Waals surface area contributed by atoms with Crippen molar-refractivity contribution in [2.45, 2.75) is 19.1 Å². The molecule has 24 heavy (non-hydrogen) atoms. The number of aromatic carboxylic acids is 1. The summed E-state index contributed by atoms with van der Waals surface area (Å²) in [7, 11) is 1.56. The molecule has 0 radical (unpaired) electrons. The van der Waals surface area contributed by atoms with Crippen LogP contribution in [-0.4, -0.2) is 55.8 Å². The van der Waals surface area contributed by atoms with E-state index in [0.29, 0.717) is 19.7 Å². The molecule has 2 aromatic rings. The van der Waals surface area contributed by atoms with Gasteiger partial charge in [-0.05, 0) is 24.1 Å². The molecule has 1 N–H and O–H groups in total. The SMILES string of the molecule is Cn1ncc(C(=O)O)c1C(=O)N1CCC(OCc2ccncc2)C1. The van der Waals surface area contributed by atoms with Crippen LogP contribution < -0.4 is 0 Å². The van der Waals surface area contributed by atoms with Crippen LogP contribution in [0.15, 0.2) is 30.7 Å². The van der Waals surface area contributed by atoms with Crippen LogP contribution in [0.25, 0.3) is 0 Å². The van der Waals surface area contributed by atoms with Crippen LogP contribution in [0.5, 0.6) is 0 Å². The van der Waals surface area contributed by atoms with E-state index in [1.807, 2.05) is 12.1 Å². The first-order valence-electron chi connectivity index (χ1n) is 7.61. The number of ether oxygens (including phenoxy) is 1. The second-order valence-electron chi connectivity index (χ2n) is 5.66. The average Bonchev–Trinajstić information content (AvgIpc) is 3.20. The number of aryl methyl sites for hydroxylation is 1. The highest BCUT2D eigenvalue weighted by molar-refractivity contribution is 6.03. The van der Waals surface area contributed by atoms with Crippen molar-refractivity contribution < 1.29 is 19.4 Å². The molecule has 3 heterocycles. The van der Waals surface area contributed by atoms with E-state index in [4.69, 9.17) is 4.74 Å². The first-order chi connectivity index (χ1) is 11.6. The van der Waals surface area contributed by atoms with E-state index in [1.165, 1.54) is 10.9 Å². The van der Waals surface area contributed by atoms with Gasteiger partial charge in [-0.15, -0.1) is 0 Å². The van der Waals surface area contributed by atoms with E-state index in [9.17, 15) is 14.7 Å². The Morgan fingerprint density at radius 3 is 2.83 bits per heavy atom. The predicted octanol–water partition coefficient (Wildman–Crippen LogP) is 0.945. The van der Waals surface area contributed by atoms with Crippen molar-refractivity contribution in [2.75, 3.05) is 13.1 Å². The fraction of sp³-hybridized carbons (Fsp3) is 0.375. The van der Waals surface area contributed by atoms with Crippen LogP contribution in [0.4, 0.5) is 0 Å². The Bertz CT molecular complexity index is 744. The number of nitrogens with zero attached hydrogens (tertiary/aromatic N) is 4. The minimum absolute atomic E-state index is 0.0661. The lowest BCUT2D eigenvalue weighted by molar-refractivity contribution is 0.0433. The molecule has 0 aromatic carbocycles. The van der Waals surface area contributed by atoms with Crippen LogP contribution in [-0.2, 0) is 18.4 Å². The van der Waals surface area contributed by atoms with Gasteiger partial charge >= 0.3 is 5.97 Å². The Morgan fingerprint density at radius 2 is 2.12 bits per heavy atom. The molecule has 3 rings (SSSR count). The van der Waals surface area contributed by atoms with E-state index < -0.39 is 5.97 Å². The normalized spacial score (nSPS) is 17.2. The summed E-state index contributed by atoms with van der Waals surface area (Å²) in [5, 5.41) is 13.1. The molecule has 2 aromatic heterocycles. The largest absolute Gasteiger partial charge is 0.478 e. The second-order valence-corrected chi connectivity index (χ2v) is 5.66. The van der Waals surface area contributed by atoms with Crippen molar-refractivity contribution in [3.8, 4) is 0 Å². The van der Waals surface area contributed by atoms with Crippen LogP contribution >= 0.6 is 0 Å². The number of aromatic nitrogens is 3. The lowest BCUT2D eigenvalue weighted by Crippen LogP contribution is -2.32. The molecule has 0 aliphatic carbocycles. The van der Waals surface area contributed by atoms with Crippen molar-refractivity contribution >= 4 is 11.9 Å². The van der Waals surface area contributed by atoms with Crippen molar-refractivity contribution in [3.63, 3.8) is 0 Å². The van der Waals surface area contributed by atoms with E-state index in [2.05, 4.69) is 10.1 Å². The van der Waals surface area contributed by atoms with Gasteiger partial charge in [0.2, 0.25) is 0 Å².